The number of benzene rings is 2. The van der Waals surface area contributed by atoms with Gasteiger partial charge in [-0.3, -0.25) is 4.90 Å². The van der Waals surface area contributed by atoms with Crippen LogP contribution in [0.15, 0.2) is 48.5 Å². The third kappa shape index (κ3) is 6.51. The third-order valence-corrected chi connectivity index (χ3v) is 7.65. The first-order valence-corrected chi connectivity index (χ1v) is 12.6. The summed E-state index contributed by atoms with van der Waals surface area (Å²) in [6, 6.07) is 17.2. The van der Waals surface area contributed by atoms with Gasteiger partial charge in [0.2, 0.25) is 0 Å². The minimum Gasteiger partial charge on any atom is -0.491 e. The number of rotatable bonds is 10. The van der Waals surface area contributed by atoms with Crippen LogP contribution in [0.2, 0.25) is 0 Å². The number of piperazine rings is 1. The number of para-hydroxylation sites is 1. The van der Waals surface area contributed by atoms with Crippen molar-refractivity contribution >= 4 is 5.69 Å². The zero-order valence-electron chi connectivity index (χ0n) is 21.6. The maximum Gasteiger partial charge on any atom is 0.123 e. The second kappa shape index (κ2) is 10.9. The van der Waals surface area contributed by atoms with Crippen LogP contribution in [0.1, 0.15) is 65.5 Å². The van der Waals surface area contributed by atoms with Gasteiger partial charge in [0.1, 0.15) is 18.5 Å². The largest absolute Gasteiger partial charge is 0.491 e. The number of ether oxygens (including phenoxy) is 1. The van der Waals surface area contributed by atoms with Crippen LogP contribution in [0.3, 0.4) is 0 Å². The molecule has 182 valence electrons. The van der Waals surface area contributed by atoms with E-state index in [0.717, 1.165) is 44.8 Å². The molecule has 1 unspecified atom stereocenters. The second-order valence-corrected chi connectivity index (χ2v) is 10.8. The first kappa shape index (κ1) is 25.6. The number of hydrogen-bond donors (Lipinski definition) is 1. The van der Waals surface area contributed by atoms with Gasteiger partial charge in [0, 0.05) is 44.0 Å². The molecule has 0 aromatic heterocycles. The summed E-state index contributed by atoms with van der Waals surface area (Å²) in [5.74, 6) is 0.908. The molecule has 1 N–H and O–H groups in total. The Morgan fingerprint density at radius 3 is 2.12 bits per heavy atom. The van der Waals surface area contributed by atoms with Crippen molar-refractivity contribution in [2.45, 2.75) is 71.3 Å². The molecular weight excluding hydrogens is 408 g/mol. The summed E-state index contributed by atoms with van der Waals surface area (Å²) >= 11 is 0. The Hall–Kier alpha value is -2.04. The molecule has 0 bridgehead atoms. The predicted molar refractivity (Wildman–Crippen MR) is 140 cm³/mol. The van der Waals surface area contributed by atoms with Crippen LogP contribution in [-0.4, -0.2) is 55.4 Å². The van der Waals surface area contributed by atoms with Gasteiger partial charge in [-0.2, -0.15) is 0 Å². The number of nitrogens with zero attached hydrogens (tertiary/aromatic N) is 2. The fourth-order valence-electron chi connectivity index (χ4n) is 4.36. The minimum atomic E-state index is -0.502. The Balaban J connectivity index is 1.59. The van der Waals surface area contributed by atoms with E-state index in [1.807, 2.05) is 0 Å². The summed E-state index contributed by atoms with van der Waals surface area (Å²) in [5.41, 5.74) is 4.03. The Morgan fingerprint density at radius 1 is 0.879 bits per heavy atom. The Morgan fingerprint density at radius 2 is 1.52 bits per heavy atom. The van der Waals surface area contributed by atoms with Gasteiger partial charge < -0.3 is 14.7 Å². The van der Waals surface area contributed by atoms with E-state index in [0.29, 0.717) is 13.2 Å². The minimum absolute atomic E-state index is 0.0217. The Labute approximate surface area is 201 Å². The van der Waals surface area contributed by atoms with Crippen LogP contribution < -0.4 is 9.64 Å². The molecule has 0 aliphatic carbocycles. The van der Waals surface area contributed by atoms with Crippen molar-refractivity contribution in [2.24, 2.45) is 0 Å². The van der Waals surface area contributed by atoms with Gasteiger partial charge in [-0.25, -0.2) is 0 Å². The standard InChI is InChI=1S/C29H44N2O2/c1-7-28(3,4)23-14-15-27(26(20-23)29(5,6)8-2)33-22-25(32)21-30-16-18-31(19-17-30)24-12-10-9-11-13-24/h9-15,20,25,32H,7-8,16-19,21-22H2,1-6H3. The fourth-order valence-corrected chi connectivity index (χ4v) is 4.36. The van der Waals surface area contributed by atoms with E-state index >= 15 is 0 Å². The molecular formula is C29H44N2O2. The van der Waals surface area contributed by atoms with Crippen molar-refractivity contribution in [3.8, 4) is 5.75 Å². The van der Waals surface area contributed by atoms with Crippen LogP contribution in [0, 0.1) is 0 Å². The van der Waals surface area contributed by atoms with Gasteiger partial charge in [-0.05, 0) is 47.4 Å². The molecule has 1 aliphatic heterocycles. The van der Waals surface area contributed by atoms with Crippen molar-refractivity contribution in [1.82, 2.24) is 4.90 Å². The molecule has 0 saturated carbocycles. The summed E-state index contributed by atoms with van der Waals surface area (Å²) in [5, 5.41) is 10.7. The summed E-state index contributed by atoms with van der Waals surface area (Å²) < 4.78 is 6.23. The van der Waals surface area contributed by atoms with Crippen LogP contribution in [0.4, 0.5) is 5.69 Å². The van der Waals surface area contributed by atoms with E-state index in [1.54, 1.807) is 0 Å². The van der Waals surface area contributed by atoms with Crippen LogP contribution in [0.25, 0.3) is 0 Å². The van der Waals surface area contributed by atoms with E-state index < -0.39 is 6.10 Å². The number of aliphatic hydroxyl groups excluding tert-OH is 1. The Bertz CT molecular complexity index is 870. The molecule has 4 heteroatoms. The SMILES string of the molecule is CCC(C)(C)c1ccc(OCC(O)CN2CCN(c3ccccc3)CC2)c(C(C)(C)CC)c1. The number of hydrogen-bond acceptors (Lipinski definition) is 4. The number of anilines is 1. The molecule has 0 amide bonds. The first-order valence-electron chi connectivity index (χ1n) is 12.6. The van der Waals surface area contributed by atoms with Gasteiger partial charge in [0.15, 0.2) is 0 Å². The Kier molecular flexibility index (Phi) is 8.47. The summed E-state index contributed by atoms with van der Waals surface area (Å²) in [7, 11) is 0. The molecule has 33 heavy (non-hydrogen) atoms. The maximum atomic E-state index is 10.7. The van der Waals surface area contributed by atoms with Gasteiger partial charge in [-0.15, -0.1) is 0 Å². The predicted octanol–water partition coefficient (Wildman–Crippen LogP) is 5.62. The van der Waals surface area contributed by atoms with Gasteiger partial charge in [0.25, 0.3) is 0 Å². The molecule has 2 aromatic carbocycles. The van der Waals surface area contributed by atoms with Crippen LogP contribution >= 0.6 is 0 Å². The van der Waals surface area contributed by atoms with E-state index in [4.69, 9.17) is 4.74 Å². The van der Waals surface area contributed by atoms with Crippen LogP contribution in [0.5, 0.6) is 5.75 Å². The summed E-state index contributed by atoms with van der Waals surface area (Å²) in [4.78, 5) is 4.76. The quantitative estimate of drug-likeness (QED) is 0.507. The molecule has 2 aromatic rings. The summed E-state index contributed by atoms with van der Waals surface area (Å²) in [6.07, 6.45) is 1.63. The van der Waals surface area contributed by atoms with Gasteiger partial charge in [-0.1, -0.05) is 71.9 Å². The molecule has 0 radical (unpaired) electrons. The second-order valence-electron chi connectivity index (χ2n) is 10.8. The lowest BCUT2D eigenvalue weighted by Crippen LogP contribution is -2.49. The molecule has 1 saturated heterocycles. The zero-order valence-corrected chi connectivity index (χ0v) is 21.6. The smallest absolute Gasteiger partial charge is 0.123 e. The van der Waals surface area contributed by atoms with Crippen molar-refractivity contribution in [1.29, 1.82) is 0 Å². The normalized spacial score (nSPS) is 16.6. The molecule has 1 aliphatic rings. The van der Waals surface area contributed by atoms with E-state index in [-0.39, 0.29) is 10.8 Å². The lowest BCUT2D eigenvalue weighted by Gasteiger charge is -2.37. The lowest BCUT2D eigenvalue weighted by atomic mass is 9.76. The highest BCUT2D eigenvalue weighted by atomic mass is 16.5. The zero-order chi connectivity index (χ0) is 24.1. The fraction of sp³-hybridized carbons (Fsp3) is 0.586. The average molecular weight is 453 g/mol. The van der Waals surface area contributed by atoms with E-state index in [2.05, 4.69) is 99.9 Å². The van der Waals surface area contributed by atoms with Crippen molar-refractivity contribution < 1.29 is 9.84 Å². The highest BCUT2D eigenvalue weighted by molar-refractivity contribution is 5.46. The molecule has 1 heterocycles. The monoisotopic (exact) mass is 452 g/mol. The van der Waals surface area contributed by atoms with Crippen molar-refractivity contribution in [3.63, 3.8) is 0 Å². The van der Waals surface area contributed by atoms with E-state index in [1.165, 1.54) is 16.8 Å². The van der Waals surface area contributed by atoms with Gasteiger partial charge >= 0.3 is 0 Å². The van der Waals surface area contributed by atoms with Crippen LogP contribution in [-0.2, 0) is 10.8 Å². The molecule has 1 fully saturated rings. The number of β-amino-alcohol motifs (C(OH)–C–C–N with tert-alkyl or cyclic N) is 1. The number of aliphatic hydroxyl groups is 1. The van der Waals surface area contributed by atoms with Crippen molar-refractivity contribution in [3.05, 3.63) is 59.7 Å². The highest BCUT2D eigenvalue weighted by Crippen LogP contribution is 2.38. The lowest BCUT2D eigenvalue weighted by molar-refractivity contribution is 0.0655. The topological polar surface area (TPSA) is 35.9 Å². The van der Waals surface area contributed by atoms with Crippen molar-refractivity contribution in [2.75, 3.05) is 44.2 Å². The molecule has 1 atom stereocenters. The molecule has 0 spiro atoms. The third-order valence-electron chi connectivity index (χ3n) is 7.65. The van der Waals surface area contributed by atoms with Gasteiger partial charge in [0.05, 0.1) is 0 Å². The summed E-state index contributed by atoms with van der Waals surface area (Å²) in [6.45, 7) is 18.5. The van der Waals surface area contributed by atoms with E-state index in [9.17, 15) is 5.11 Å². The molecule has 3 rings (SSSR count). The molecule has 4 nitrogen and oxygen atoms in total. The highest BCUT2D eigenvalue weighted by Gasteiger charge is 2.27. The average Bonchev–Trinajstić information content (AvgIpc) is 2.83. The maximum absolute atomic E-state index is 10.7. The first-order chi connectivity index (χ1) is 15.7.